The number of anilines is 1. The minimum Gasteiger partial charge on any atom is -0.396 e. The molecule has 0 saturated carbocycles. The van der Waals surface area contributed by atoms with E-state index in [1.54, 1.807) is 10.7 Å². The van der Waals surface area contributed by atoms with E-state index in [4.69, 9.17) is 5.73 Å². The molecular weight excluding hydrogens is 257 g/mol. The number of benzene rings is 2. The summed E-state index contributed by atoms with van der Waals surface area (Å²) in [6.07, 6.45) is 0. The van der Waals surface area contributed by atoms with Crippen LogP contribution in [-0.2, 0) is 0 Å². The summed E-state index contributed by atoms with van der Waals surface area (Å²) in [7, 11) is 0. The molecule has 1 heterocycles. The largest absolute Gasteiger partial charge is 0.396 e. The third kappa shape index (κ3) is 2.11. The van der Waals surface area contributed by atoms with Crippen LogP contribution in [0.25, 0.3) is 17.1 Å². The third-order valence-electron chi connectivity index (χ3n) is 3.01. The maximum absolute atomic E-state index is 13.6. The zero-order chi connectivity index (χ0) is 14.1. The van der Waals surface area contributed by atoms with Gasteiger partial charge in [-0.3, -0.25) is 0 Å². The van der Waals surface area contributed by atoms with Gasteiger partial charge in [0.05, 0.1) is 11.4 Å². The molecule has 0 aliphatic rings. The van der Waals surface area contributed by atoms with Gasteiger partial charge in [0, 0.05) is 5.56 Å². The fourth-order valence-electron chi connectivity index (χ4n) is 1.89. The Balaban J connectivity index is 2.10. The van der Waals surface area contributed by atoms with Gasteiger partial charge in [-0.2, -0.15) is 4.68 Å². The molecule has 3 aromatic rings. The van der Waals surface area contributed by atoms with Crippen LogP contribution in [0, 0.1) is 12.7 Å². The first-order valence-electron chi connectivity index (χ1n) is 6.06. The number of halogens is 1. The predicted octanol–water partition coefficient (Wildman–Crippen LogP) is 2.36. The van der Waals surface area contributed by atoms with Crippen molar-refractivity contribution in [2.45, 2.75) is 6.92 Å². The van der Waals surface area contributed by atoms with E-state index in [9.17, 15) is 4.39 Å². The second-order valence-corrected chi connectivity index (χ2v) is 4.49. The number of nitrogens with two attached hydrogens (primary N) is 1. The zero-order valence-corrected chi connectivity index (χ0v) is 10.8. The summed E-state index contributed by atoms with van der Waals surface area (Å²) in [5, 5.41) is 11.6. The van der Waals surface area contributed by atoms with Crippen molar-refractivity contribution in [3.8, 4) is 17.1 Å². The molecule has 3 rings (SSSR count). The van der Waals surface area contributed by atoms with Gasteiger partial charge in [0.1, 0.15) is 5.82 Å². The Morgan fingerprint density at radius 1 is 1.10 bits per heavy atom. The Hall–Kier alpha value is -2.76. The lowest BCUT2D eigenvalue weighted by molar-refractivity contribution is 0.632. The van der Waals surface area contributed by atoms with Crippen LogP contribution < -0.4 is 5.73 Å². The summed E-state index contributed by atoms with van der Waals surface area (Å²) in [4.78, 5) is 0. The van der Waals surface area contributed by atoms with Crippen LogP contribution in [0.5, 0.6) is 0 Å². The molecule has 1 aromatic heterocycles. The number of nitrogens with zero attached hydrogens (tertiary/aromatic N) is 4. The van der Waals surface area contributed by atoms with Gasteiger partial charge in [-0.25, -0.2) is 4.39 Å². The third-order valence-corrected chi connectivity index (χ3v) is 3.01. The number of aryl methyl sites for hydroxylation is 1. The lowest BCUT2D eigenvalue weighted by atomic mass is 10.1. The maximum Gasteiger partial charge on any atom is 0.187 e. The van der Waals surface area contributed by atoms with E-state index >= 15 is 0 Å². The molecule has 0 aliphatic heterocycles. The van der Waals surface area contributed by atoms with Gasteiger partial charge in [-0.05, 0) is 47.7 Å². The Labute approximate surface area is 114 Å². The van der Waals surface area contributed by atoms with E-state index in [0.29, 0.717) is 11.4 Å². The SMILES string of the molecule is Cc1ccc(-n2nnnc2-c2ccc(N)c(F)c2)cc1. The number of rotatable bonds is 2. The topological polar surface area (TPSA) is 69.6 Å². The van der Waals surface area contributed by atoms with E-state index in [1.807, 2.05) is 31.2 Å². The van der Waals surface area contributed by atoms with Gasteiger partial charge in [-0.15, -0.1) is 5.10 Å². The number of tetrazole rings is 1. The predicted molar refractivity (Wildman–Crippen MR) is 73.7 cm³/mol. The van der Waals surface area contributed by atoms with Crippen LogP contribution >= 0.6 is 0 Å². The molecule has 0 unspecified atom stereocenters. The van der Waals surface area contributed by atoms with Crippen molar-refractivity contribution < 1.29 is 4.39 Å². The van der Waals surface area contributed by atoms with Crippen molar-refractivity contribution >= 4 is 5.69 Å². The fourth-order valence-corrected chi connectivity index (χ4v) is 1.89. The minimum atomic E-state index is -0.485. The van der Waals surface area contributed by atoms with Crippen LogP contribution in [0.3, 0.4) is 0 Å². The number of aromatic nitrogens is 4. The molecule has 100 valence electrons. The van der Waals surface area contributed by atoms with Crippen molar-refractivity contribution in [1.29, 1.82) is 0 Å². The van der Waals surface area contributed by atoms with Crippen molar-refractivity contribution in [3.05, 3.63) is 53.8 Å². The van der Waals surface area contributed by atoms with Gasteiger partial charge in [0.2, 0.25) is 0 Å². The van der Waals surface area contributed by atoms with E-state index in [-0.39, 0.29) is 5.69 Å². The van der Waals surface area contributed by atoms with Gasteiger partial charge in [0.25, 0.3) is 0 Å². The standard InChI is InChI=1S/C14H12FN5/c1-9-2-5-11(6-3-9)20-14(17-18-19-20)10-4-7-13(16)12(15)8-10/h2-8H,16H2,1H3. The van der Waals surface area contributed by atoms with Gasteiger partial charge < -0.3 is 5.73 Å². The quantitative estimate of drug-likeness (QED) is 0.725. The molecule has 5 nitrogen and oxygen atoms in total. The second-order valence-electron chi connectivity index (χ2n) is 4.49. The smallest absolute Gasteiger partial charge is 0.187 e. The van der Waals surface area contributed by atoms with Crippen molar-refractivity contribution in [2.24, 2.45) is 0 Å². The zero-order valence-electron chi connectivity index (χ0n) is 10.8. The van der Waals surface area contributed by atoms with Crippen LogP contribution in [-0.4, -0.2) is 20.2 Å². The van der Waals surface area contributed by atoms with Crippen LogP contribution in [0.1, 0.15) is 5.56 Å². The lowest BCUT2D eigenvalue weighted by Gasteiger charge is -2.05. The van der Waals surface area contributed by atoms with Crippen LogP contribution in [0.2, 0.25) is 0 Å². The molecule has 20 heavy (non-hydrogen) atoms. The Kier molecular flexibility index (Phi) is 2.90. The summed E-state index contributed by atoms with van der Waals surface area (Å²) in [6, 6.07) is 12.2. The molecule has 2 N–H and O–H groups in total. The molecule has 0 fully saturated rings. The molecule has 2 aromatic carbocycles. The average Bonchev–Trinajstić information content (AvgIpc) is 2.92. The van der Waals surface area contributed by atoms with E-state index in [1.165, 1.54) is 12.1 Å². The molecule has 0 amide bonds. The van der Waals surface area contributed by atoms with Gasteiger partial charge in [0.15, 0.2) is 5.82 Å². The average molecular weight is 269 g/mol. The molecule has 0 aliphatic carbocycles. The number of hydrogen-bond acceptors (Lipinski definition) is 4. The summed E-state index contributed by atoms with van der Waals surface area (Å²) in [5.41, 5.74) is 8.10. The van der Waals surface area contributed by atoms with Crippen molar-refractivity contribution in [2.75, 3.05) is 5.73 Å². The van der Waals surface area contributed by atoms with Crippen LogP contribution in [0.15, 0.2) is 42.5 Å². The number of hydrogen-bond donors (Lipinski definition) is 1. The van der Waals surface area contributed by atoms with Gasteiger partial charge in [-0.1, -0.05) is 17.7 Å². The van der Waals surface area contributed by atoms with E-state index in [0.717, 1.165) is 11.3 Å². The van der Waals surface area contributed by atoms with E-state index in [2.05, 4.69) is 15.5 Å². The lowest BCUT2D eigenvalue weighted by Crippen LogP contribution is -2.00. The maximum atomic E-state index is 13.6. The van der Waals surface area contributed by atoms with Crippen molar-refractivity contribution in [1.82, 2.24) is 20.2 Å². The highest BCUT2D eigenvalue weighted by Gasteiger charge is 2.12. The summed E-state index contributed by atoms with van der Waals surface area (Å²) in [5.74, 6) is -0.0197. The van der Waals surface area contributed by atoms with Crippen LogP contribution in [0.4, 0.5) is 10.1 Å². The first-order valence-corrected chi connectivity index (χ1v) is 6.06. The molecule has 0 saturated heterocycles. The van der Waals surface area contributed by atoms with Gasteiger partial charge >= 0.3 is 0 Å². The Bertz CT molecular complexity index is 749. The highest BCUT2D eigenvalue weighted by Crippen LogP contribution is 2.22. The first kappa shape index (κ1) is 12.3. The molecular formula is C14H12FN5. The second kappa shape index (κ2) is 4.73. The summed E-state index contributed by atoms with van der Waals surface area (Å²) >= 11 is 0. The Morgan fingerprint density at radius 2 is 1.85 bits per heavy atom. The fraction of sp³-hybridized carbons (Fsp3) is 0.0714. The highest BCUT2D eigenvalue weighted by molar-refractivity contribution is 5.61. The van der Waals surface area contributed by atoms with E-state index < -0.39 is 5.82 Å². The van der Waals surface area contributed by atoms with Crippen molar-refractivity contribution in [3.63, 3.8) is 0 Å². The highest BCUT2D eigenvalue weighted by atomic mass is 19.1. The summed E-state index contributed by atoms with van der Waals surface area (Å²) in [6.45, 7) is 2.00. The Morgan fingerprint density at radius 3 is 2.55 bits per heavy atom. The molecule has 6 heteroatoms. The first-order chi connectivity index (χ1) is 9.65. The normalized spacial score (nSPS) is 10.7. The molecule has 0 bridgehead atoms. The summed E-state index contributed by atoms with van der Waals surface area (Å²) < 4.78 is 15.1. The molecule has 0 radical (unpaired) electrons. The molecule has 0 spiro atoms. The monoisotopic (exact) mass is 269 g/mol. The minimum absolute atomic E-state index is 0.100. The molecule has 0 atom stereocenters. The number of nitrogen functional groups attached to an aromatic ring is 1.